The molecule has 0 spiro atoms. The van der Waals surface area contributed by atoms with E-state index >= 15 is 0 Å². The monoisotopic (exact) mass is 405 g/mol. The zero-order valence-electron chi connectivity index (χ0n) is 14.8. The summed E-state index contributed by atoms with van der Waals surface area (Å²) in [5, 5.41) is 3.89. The van der Waals surface area contributed by atoms with Crippen molar-refractivity contribution in [1.82, 2.24) is 15.1 Å². The van der Waals surface area contributed by atoms with Crippen molar-refractivity contribution in [2.75, 3.05) is 32.7 Å². The molecule has 27 heavy (non-hydrogen) atoms. The van der Waals surface area contributed by atoms with Gasteiger partial charge in [0.25, 0.3) is 5.91 Å². The molecule has 2 aromatic rings. The van der Waals surface area contributed by atoms with Gasteiger partial charge in [-0.15, -0.1) is 0 Å². The van der Waals surface area contributed by atoms with Crippen molar-refractivity contribution in [3.63, 3.8) is 0 Å². The SMILES string of the molecule is O=C(NCC(=O)N1CCN(Cc2ccc(Cl)cc2)CC1)c1cccc(Cl)c1. The van der Waals surface area contributed by atoms with Crippen LogP contribution in [0.2, 0.25) is 10.0 Å². The summed E-state index contributed by atoms with van der Waals surface area (Å²) in [6, 6.07) is 14.5. The molecule has 0 aromatic heterocycles. The smallest absolute Gasteiger partial charge is 0.251 e. The van der Waals surface area contributed by atoms with Crippen LogP contribution in [0.15, 0.2) is 48.5 Å². The van der Waals surface area contributed by atoms with Gasteiger partial charge in [-0.3, -0.25) is 14.5 Å². The first-order chi connectivity index (χ1) is 13.0. The Kier molecular flexibility index (Phi) is 6.72. The van der Waals surface area contributed by atoms with Gasteiger partial charge in [0.1, 0.15) is 0 Å². The predicted molar refractivity (Wildman–Crippen MR) is 107 cm³/mol. The van der Waals surface area contributed by atoms with E-state index in [9.17, 15) is 9.59 Å². The van der Waals surface area contributed by atoms with Gasteiger partial charge in [-0.2, -0.15) is 0 Å². The van der Waals surface area contributed by atoms with Crippen molar-refractivity contribution in [3.8, 4) is 0 Å². The molecule has 1 heterocycles. The molecule has 0 unspecified atom stereocenters. The third kappa shape index (κ3) is 5.70. The summed E-state index contributed by atoms with van der Waals surface area (Å²) >= 11 is 11.8. The lowest BCUT2D eigenvalue weighted by molar-refractivity contribution is -0.131. The van der Waals surface area contributed by atoms with Gasteiger partial charge in [-0.05, 0) is 35.9 Å². The van der Waals surface area contributed by atoms with Crippen molar-refractivity contribution < 1.29 is 9.59 Å². The molecule has 2 amide bonds. The van der Waals surface area contributed by atoms with Crippen LogP contribution in [-0.2, 0) is 11.3 Å². The molecule has 142 valence electrons. The van der Waals surface area contributed by atoms with Crippen LogP contribution in [0.5, 0.6) is 0 Å². The van der Waals surface area contributed by atoms with Crippen LogP contribution >= 0.6 is 23.2 Å². The maximum absolute atomic E-state index is 12.4. The summed E-state index contributed by atoms with van der Waals surface area (Å²) in [5.41, 5.74) is 1.65. The highest BCUT2D eigenvalue weighted by Crippen LogP contribution is 2.13. The van der Waals surface area contributed by atoms with Crippen molar-refractivity contribution >= 4 is 35.0 Å². The van der Waals surface area contributed by atoms with Crippen molar-refractivity contribution in [2.24, 2.45) is 0 Å². The van der Waals surface area contributed by atoms with Crippen LogP contribution in [0.1, 0.15) is 15.9 Å². The minimum atomic E-state index is -0.299. The molecule has 2 aromatic carbocycles. The average Bonchev–Trinajstić information content (AvgIpc) is 2.68. The molecule has 0 saturated carbocycles. The first-order valence-electron chi connectivity index (χ1n) is 8.79. The van der Waals surface area contributed by atoms with E-state index in [0.717, 1.165) is 24.7 Å². The predicted octanol–water partition coefficient (Wildman–Crippen LogP) is 3.07. The van der Waals surface area contributed by atoms with Crippen molar-refractivity contribution in [3.05, 3.63) is 69.7 Å². The van der Waals surface area contributed by atoms with Crippen LogP contribution in [0.25, 0.3) is 0 Å². The van der Waals surface area contributed by atoms with Gasteiger partial charge in [-0.1, -0.05) is 41.4 Å². The molecular formula is C20H21Cl2N3O2. The summed E-state index contributed by atoms with van der Waals surface area (Å²) in [5.74, 6) is -0.372. The number of carbonyl (C=O) groups excluding carboxylic acids is 2. The molecule has 5 nitrogen and oxygen atoms in total. The fraction of sp³-hybridized carbons (Fsp3) is 0.300. The minimum Gasteiger partial charge on any atom is -0.343 e. The lowest BCUT2D eigenvalue weighted by Crippen LogP contribution is -2.50. The van der Waals surface area contributed by atoms with E-state index in [4.69, 9.17) is 23.2 Å². The van der Waals surface area contributed by atoms with Crippen LogP contribution in [0, 0.1) is 0 Å². The fourth-order valence-corrected chi connectivity index (χ4v) is 3.32. The maximum atomic E-state index is 12.4. The highest BCUT2D eigenvalue weighted by molar-refractivity contribution is 6.31. The van der Waals surface area contributed by atoms with Crippen LogP contribution < -0.4 is 5.32 Å². The summed E-state index contributed by atoms with van der Waals surface area (Å²) in [6.07, 6.45) is 0. The van der Waals surface area contributed by atoms with Gasteiger partial charge in [0.05, 0.1) is 6.54 Å². The lowest BCUT2D eigenvalue weighted by atomic mass is 10.2. The summed E-state index contributed by atoms with van der Waals surface area (Å²) in [6.45, 7) is 3.74. The molecule has 1 aliphatic rings. The topological polar surface area (TPSA) is 52.7 Å². The number of piperazine rings is 1. The third-order valence-electron chi connectivity index (χ3n) is 4.53. The molecule has 0 atom stereocenters. The molecule has 1 saturated heterocycles. The van der Waals surface area contributed by atoms with Crippen LogP contribution in [0.3, 0.4) is 0 Å². The van der Waals surface area contributed by atoms with E-state index < -0.39 is 0 Å². The molecule has 0 bridgehead atoms. The molecular weight excluding hydrogens is 385 g/mol. The van der Waals surface area contributed by atoms with E-state index in [1.165, 1.54) is 5.56 Å². The maximum Gasteiger partial charge on any atom is 0.251 e. The normalized spacial score (nSPS) is 14.8. The van der Waals surface area contributed by atoms with Crippen molar-refractivity contribution in [1.29, 1.82) is 0 Å². The van der Waals surface area contributed by atoms with Crippen LogP contribution in [0.4, 0.5) is 0 Å². The Balaban J connectivity index is 1.43. The second kappa shape index (κ2) is 9.22. The number of rotatable bonds is 5. The highest BCUT2D eigenvalue weighted by Gasteiger charge is 2.21. The Morgan fingerprint density at radius 2 is 1.63 bits per heavy atom. The van der Waals surface area contributed by atoms with Gasteiger partial charge in [0.15, 0.2) is 0 Å². The number of halogens is 2. The Hall–Kier alpha value is -2.08. The van der Waals surface area contributed by atoms with Crippen molar-refractivity contribution in [2.45, 2.75) is 6.54 Å². The van der Waals surface area contributed by atoms with Gasteiger partial charge in [-0.25, -0.2) is 0 Å². The number of benzene rings is 2. The first kappa shape index (κ1) is 19.7. The lowest BCUT2D eigenvalue weighted by Gasteiger charge is -2.34. The molecule has 1 aliphatic heterocycles. The second-order valence-electron chi connectivity index (χ2n) is 6.48. The zero-order chi connectivity index (χ0) is 19.2. The summed E-state index contributed by atoms with van der Waals surface area (Å²) < 4.78 is 0. The van der Waals surface area contributed by atoms with E-state index in [0.29, 0.717) is 23.7 Å². The highest BCUT2D eigenvalue weighted by atomic mass is 35.5. The number of hydrogen-bond acceptors (Lipinski definition) is 3. The molecule has 7 heteroatoms. The number of nitrogens with one attached hydrogen (secondary N) is 1. The van der Waals surface area contributed by atoms with Crippen LogP contribution in [-0.4, -0.2) is 54.3 Å². The standard InChI is InChI=1S/C20H21Cl2N3O2/c21-17-6-4-15(5-7-17)14-24-8-10-25(11-9-24)19(26)13-23-20(27)16-2-1-3-18(22)12-16/h1-7,12H,8-11,13-14H2,(H,23,27). The Bertz CT molecular complexity index is 803. The summed E-state index contributed by atoms with van der Waals surface area (Å²) in [7, 11) is 0. The number of carbonyl (C=O) groups is 2. The molecule has 0 aliphatic carbocycles. The fourth-order valence-electron chi connectivity index (χ4n) is 3.00. The van der Waals surface area contributed by atoms with Gasteiger partial charge < -0.3 is 10.2 Å². The number of hydrogen-bond donors (Lipinski definition) is 1. The first-order valence-corrected chi connectivity index (χ1v) is 9.55. The quantitative estimate of drug-likeness (QED) is 0.831. The molecule has 3 rings (SSSR count). The van der Waals surface area contributed by atoms with E-state index in [2.05, 4.69) is 10.2 Å². The second-order valence-corrected chi connectivity index (χ2v) is 7.35. The Morgan fingerprint density at radius 3 is 2.30 bits per heavy atom. The van der Waals surface area contributed by atoms with E-state index in [-0.39, 0.29) is 18.4 Å². The van der Waals surface area contributed by atoms with Gasteiger partial charge >= 0.3 is 0 Å². The molecule has 0 radical (unpaired) electrons. The minimum absolute atomic E-state index is 0.0114. The Labute approximate surface area is 168 Å². The number of nitrogens with zero attached hydrogens (tertiary/aromatic N) is 2. The van der Waals surface area contributed by atoms with E-state index in [1.54, 1.807) is 29.2 Å². The largest absolute Gasteiger partial charge is 0.343 e. The van der Waals surface area contributed by atoms with E-state index in [1.807, 2.05) is 24.3 Å². The number of amides is 2. The summed E-state index contributed by atoms with van der Waals surface area (Å²) in [4.78, 5) is 28.6. The Morgan fingerprint density at radius 1 is 0.926 bits per heavy atom. The average molecular weight is 406 g/mol. The zero-order valence-corrected chi connectivity index (χ0v) is 16.3. The third-order valence-corrected chi connectivity index (χ3v) is 5.02. The molecule has 1 fully saturated rings. The molecule has 1 N–H and O–H groups in total. The van der Waals surface area contributed by atoms with Gasteiger partial charge in [0, 0.05) is 48.3 Å². The van der Waals surface area contributed by atoms with Gasteiger partial charge in [0.2, 0.25) is 5.91 Å².